The fourth-order valence-electron chi connectivity index (χ4n) is 1.80. The number of hydrogen-bond donors (Lipinski definition) is 1. The molecule has 3 aromatic rings. The second-order valence-corrected chi connectivity index (χ2v) is 5.43. The van der Waals surface area contributed by atoms with Gasteiger partial charge in [0.15, 0.2) is 0 Å². The molecular formula is C15H15N5S. The van der Waals surface area contributed by atoms with Gasteiger partial charge in [0, 0.05) is 19.4 Å². The molecule has 0 saturated heterocycles. The third kappa shape index (κ3) is 3.61. The minimum Gasteiger partial charge on any atom is -0.337 e. The summed E-state index contributed by atoms with van der Waals surface area (Å²) in [5.74, 6) is 2.51. The van der Waals surface area contributed by atoms with Crippen molar-refractivity contribution < 1.29 is 0 Å². The number of aryl methyl sites for hydroxylation is 1. The van der Waals surface area contributed by atoms with Crippen molar-refractivity contribution >= 4 is 23.9 Å². The van der Waals surface area contributed by atoms with Gasteiger partial charge in [0.25, 0.3) is 0 Å². The lowest BCUT2D eigenvalue weighted by atomic mass is 10.2. The van der Waals surface area contributed by atoms with Crippen LogP contribution in [-0.2, 0) is 12.8 Å². The van der Waals surface area contributed by atoms with Gasteiger partial charge < -0.3 is 4.57 Å². The first-order valence-corrected chi connectivity index (χ1v) is 7.54. The lowest BCUT2D eigenvalue weighted by Crippen LogP contribution is -1.94. The summed E-state index contributed by atoms with van der Waals surface area (Å²) in [5, 5.41) is 7.85. The van der Waals surface area contributed by atoms with E-state index in [4.69, 9.17) is 0 Å². The fraction of sp³-hybridized carbons (Fsp3) is 0.133. The van der Waals surface area contributed by atoms with Crippen molar-refractivity contribution in [3.63, 3.8) is 0 Å². The molecule has 0 amide bonds. The van der Waals surface area contributed by atoms with Crippen LogP contribution in [0.2, 0.25) is 0 Å². The summed E-state index contributed by atoms with van der Waals surface area (Å²) in [5.41, 5.74) is 1.14. The first-order chi connectivity index (χ1) is 10.3. The summed E-state index contributed by atoms with van der Waals surface area (Å²) >= 11 is 1.56. The predicted molar refractivity (Wildman–Crippen MR) is 84.5 cm³/mol. The van der Waals surface area contributed by atoms with E-state index in [1.807, 2.05) is 60.3 Å². The first-order valence-electron chi connectivity index (χ1n) is 6.56. The summed E-state index contributed by atoms with van der Waals surface area (Å²) in [7, 11) is 1.98. The first kappa shape index (κ1) is 13.6. The Hall–Kier alpha value is -2.34. The van der Waals surface area contributed by atoms with E-state index in [0.29, 0.717) is 0 Å². The second-order valence-electron chi connectivity index (χ2n) is 4.49. The maximum absolute atomic E-state index is 4.43. The van der Waals surface area contributed by atoms with Gasteiger partial charge in [-0.2, -0.15) is 0 Å². The Morgan fingerprint density at radius 3 is 2.86 bits per heavy atom. The van der Waals surface area contributed by atoms with Gasteiger partial charge in [-0.15, -0.1) is 5.10 Å². The molecule has 2 aromatic heterocycles. The van der Waals surface area contributed by atoms with Crippen LogP contribution in [0.1, 0.15) is 17.2 Å². The number of H-pyrrole nitrogens is 1. The van der Waals surface area contributed by atoms with E-state index in [0.717, 1.165) is 28.1 Å². The van der Waals surface area contributed by atoms with E-state index >= 15 is 0 Å². The van der Waals surface area contributed by atoms with Crippen LogP contribution in [0.4, 0.5) is 0 Å². The molecule has 0 aliphatic carbocycles. The summed E-state index contributed by atoms with van der Waals surface area (Å²) < 4.78 is 2.00. The molecule has 1 aromatic carbocycles. The van der Waals surface area contributed by atoms with Gasteiger partial charge in [-0.25, -0.2) is 9.97 Å². The third-order valence-corrected chi connectivity index (χ3v) is 3.81. The average Bonchev–Trinajstić information content (AvgIpc) is 3.13. The lowest BCUT2D eigenvalue weighted by Gasteiger charge is -1.97. The number of aromatic amines is 1. The predicted octanol–water partition coefficient (Wildman–Crippen LogP) is 3.00. The number of aromatic nitrogens is 5. The van der Waals surface area contributed by atoms with Crippen molar-refractivity contribution in [3.8, 4) is 0 Å². The molecule has 0 unspecified atom stereocenters. The van der Waals surface area contributed by atoms with Crippen molar-refractivity contribution in [2.75, 3.05) is 0 Å². The molecule has 106 valence electrons. The largest absolute Gasteiger partial charge is 0.337 e. The van der Waals surface area contributed by atoms with Crippen LogP contribution in [-0.4, -0.2) is 24.7 Å². The number of hydrogen-bond acceptors (Lipinski definition) is 4. The number of benzene rings is 1. The molecule has 0 aliphatic rings. The van der Waals surface area contributed by atoms with E-state index in [9.17, 15) is 0 Å². The van der Waals surface area contributed by atoms with E-state index < -0.39 is 0 Å². The second kappa shape index (κ2) is 6.41. The normalized spacial score (nSPS) is 11.3. The topological polar surface area (TPSA) is 59.4 Å². The van der Waals surface area contributed by atoms with Crippen LogP contribution in [0.15, 0.2) is 47.9 Å². The number of imidazole rings is 1. The number of thioether (sulfide) groups is 1. The standard InChI is InChI=1S/C15H15N5S/c1-20-10-9-16-14(20)11-21-15-17-13(18-19-15)8-7-12-5-3-2-4-6-12/h2-10H,11H2,1H3,(H,17,18,19)/b8-7+. The zero-order valence-corrected chi connectivity index (χ0v) is 12.4. The van der Waals surface area contributed by atoms with E-state index in [1.165, 1.54) is 0 Å². The van der Waals surface area contributed by atoms with Crippen molar-refractivity contribution in [3.05, 3.63) is 59.9 Å². The van der Waals surface area contributed by atoms with Crippen molar-refractivity contribution in [2.45, 2.75) is 10.9 Å². The van der Waals surface area contributed by atoms with Crippen molar-refractivity contribution in [1.29, 1.82) is 0 Å². The van der Waals surface area contributed by atoms with Gasteiger partial charge in [-0.3, -0.25) is 5.10 Å². The SMILES string of the molecule is Cn1ccnc1CSc1n[nH]c(/C=C/c2ccccc2)n1. The minimum absolute atomic E-state index is 0.728. The smallest absolute Gasteiger partial charge is 0.209 e. The van der Waals surface area contributed by atoms with Crippen molar-refractivity contribution in [1.82, 2.24) is 24.7 Å². The summed E-state index contributed by atoms with van der Waals surface area (Å²) in [4.78, 5) is 8.70. The summed E-state index contributed by atoms with van der Waals surface area (Å²) in [6.45, 7) is 0. The molecule has 3 rings (SSSR count). The van der Waals surface area contributed by atoms with Gasteiger partial charge in [-0.05, 0) is 11.6 Å². The monoisotopic (exact) mass is 297 g/mol. The highest BCUT2D eigenvalue weighted by molar-refractivity contribution is 7.98. The third-order valence-electron chi connectivity index (χ3n) is 2.97. The lowest BCUT2D eigenvalue weighted by molar-refractivity contribution is 0.847. The Labute approximate surface area is 127 Å². The molecule has 1 N–H and O–H groups in total. The number of nitrogens with one attached hydrogen (secondary N) is 1. The molecule has 0 aliphatic heterocycles. The van der Waals surface area contributed by atoms with Gasteiger partial charge in [-0.1, -0.05) is 48.2 Å². The molecule has 0 radical (unpaired) electrons. The average molecular weight is 297 g/mol. The highest BCUT2D eigenvalue weighted by atomic mass is 32.2. The number of nitrogens with zero attached hydrogens (tertiary/aromatic N) is 4. The molecule has 0 spiro atoms. The summed E-state index contributed by atoms with van der Waals surface area (Å²) in [6.07, 6.45) is 7.66. The molecule has 0 saturated carbocycles. The summed E-state index contributed by atoms with van der Waals surface area (Å²) in [6, 6.07) is 10.1. The van der Waals surface area contributed by atoms with Crippen LogP contribution in [0.3, 0.4) is 0 Å². The van der Waals surface area contributed by atoms with E-state index in [-0.39, 0.29) is 0 Å². The zero-order chi connectivity index (χ0) is 14.5. The van der Waals surface area contributed by atoms with Crippen LogP contribution in [0.5, 0.6) is 0 Å². The van der Waals surface area contributed by atoms with Crippen LogP contribution in [0, 0.1) is 0 Å². The van der Waals surface area contributed by atoms with Gasteiger partial charge in [0.05, 0.1) is 5.75 Å². The molecule has 2 heterocycles. The molecule has 21 heavy (non-hydrogen) atoms. The van der Waals surface area contributed by atoms with E-state index in [2.05, 4.69) is 20.2 Å². The highest BCUT2D eigenvalue weighted by Gasteiger charge is 2.05. The Kier molecular flexibility index (Phi) is 4.16. The number of rotatable bonds is 5. The molecule has 0 atom stereocenters. The van der Waals surface area contributed by atoms with Gasteiger partial charge >= 0.3 is 0 Å². The van der Waals surface area contributed by atoms with Gasteiger partial charge in [0.2, 0.25) is 5.16 Å². The molecule has 5 nitrogen and oxygen atoms in total. The molecular weight excluding hydrogens is 282 g/mol. The van der Waals surface area contributed by atoms with Gasteiger partial charge in [0.1, 0.15) is 11.6 Å². The zero-order valence-electron chi connectivity index (χ0n) is 11.6. The molecule has 6 heteroatoms. The Bertz CT molecular complexity index is 729. The quantitative estimate of drug-likeness (QED) is 0.735. The maximum Gasteiger partial charge on any atom is 0.209 e. The van der Waals surface area contributed by atoms with E-state index in [1.54, 1.807) is 18.0 Å². The van der Waals surface area contributed by atoms with Crippen LogP contribution >= 0.6 is 11.8 Å². The Morgan fingerprint density at radius 2 is 2.10 bits per heavy atom. The van der Waals surface area contributed by atoms with Crippen LogP contribution in [0.25, 0.3) is 12.2 Å². The molecule has 0 fully saturated rings. The Morgan fingerprint density at radius 1 is 1.24 bits per heavy atom. The molecule has 0 bridgehead atoms. The van der Waals surface area contributed by atoms with Crippen LogP contribution < -0.4 is 0 Å². The Balaban J connectivity index is 1.61. The maximum atomic E-state index is 4.43. The highest BCUT2D eigenvalue weighted by Crippen LogP contribution is 2.18. The minimum atomic E-state index is 0.728. The van der Waals surface area contributed by atoms with Crippen molar-refractivity contribution in [2.24, 2.45) is 7.05 Å². The fourth-order valence-corrected chi connectivity index (χ4v) is 2.61.